The molecule has 138 valence electrons. The quantitative estimate of drug-likeness (QED) is 0.698. The lowest BCUT2D eigenvalue weighted by Crippen LogP contribution is -2.18. The maximum absolute atomic E-state index is 12.0. The summed E-state index contributed by atoms with van der Waals surface area (Å²) in [4.78, 5) is 20.6. The highest BCUT2D eigenvalue weighted by molar-refractivity contribution is 5.97. The Kier molecular flexibility index (Phi) is 5.51. The topological polar surface area (TPSA) is 85.4 Å². The molecule has 0 aliphatic carbocycles. The van der Waals surface area contributed by atoms with E-state index in [0.29, 0.717) is 22.8 Å². The van der Waals surface area contributed by atoms with E-state index in [1.165, 1.54) is 13.4 Å². The molecule has 0 bridgehead atoms. The summed E-state index contributed by atoms with van der Waals surface area (Å²) in [6.07, 6.45) is 1.48. The highest BCUT2D eigenvalue weighted by Crippen LogP contribution is 2.30. The normalized spacial score (nSPS) is 10.2. The zero-order valence-electron chi connectivity index (χ0n) is 15.3. The van der Waals surface area contributed by atoms with Gasteiger partial charge in [0.25, 0.3) is 5.91 Å². The first-order chi connectivity index (χ1) is 13.2. The van der Waals surface area contributed by atoms with Crippen LogP contribution in [0, 0.1) is 0 Å². The van der Waals surface area contributed by atoms with Crippen molar-refractivity contribution in [3.8, 4) is 22.8 Å². The van der Waals surface area contributed by atoms with Crippen molar-refractivity contribution in [2.75, 3.05) is 26.6 Å². The molecule has 2 aromatic carbocycles. The van der Waals surface area contributed by atoms with Gasteiger partial charge in [0.1, 0.15) is 23.6 Å². The molecule has 0 atom stereocenters. The molecule has 1 heterocycles. The molecule has 0 saturated heterocycles. The van der Waals surface area contributed by atoms with Crippen LogP contribution >= 0.6 is 0 Å². The predicted octanol–water partition coefficient (Wildman–Crippen LogP) is 3.26. The predicted molar refractivity (Wildman–Crippen MR) is 104 cm³/mol. The molecule has 1 aromatic heterocycles. The molecule has 0 aliphatic rings. The highest BCUT2D eigenvalue weighted by Gasteiger charge is 2.13. The molecule has 0 aliphatic heterocycles. The molecule has 0 fully saturated rings. The molecule has 27 heavy (non-hydrogen) atoms. The molecule has 3 rings (SSSR count). The third-order valence-electron chi connectivity index (χ3n) is 3.99. The van der Waals surface area contributed by atoms with Gasteiger partial charge in [0.15, 0.2) is 0 Å². The minimum Gasteiger partial charge on any atom is -0.496 e. The molecule has 0 spiro atoms. The number of aromatic nitrogens is 2. The Hall–Kier alpha value is -3.61. The number of methoxy groups -OCH3 is 2. The van der Waals surface area contributed by atoms with Crippen LogP contribution in [0.15, 0.2) is 54.9 Å². The number of ether oxygens (including phenoxy) is 2. The maximum atomic E-state index is 12.0. The van der Waals surface area contributed by atoms with Crippen LogP contribution in [0.4, 0.5) is 11.5 Å². The van der Waals surface area contributed by atoms with Gasteiger partial charge in [-0.1, -0.05) is 12.1 Å². The van der Waals surface area contributed by atoms with E-state index in [4.69, 9.17) is 9.47 Å². The number of hydrogen-bond donors (Lipinski definition) is 2. The number of rotatable bonds is 6. The van der Waals surface area contributed by atoms with Gasteiger partial charge >= 0.3 is 0 Å². The van der Waals surface area contributed by atoms with Crippen molar-refractivity contribution in [3.63, 3.8) is 0 Å². The van der Waals surface area contributed by atoms with Crippen LogP contribution < -0.4 is 20.1 Å². The van der Waals surface area contributed by atoms with Gasteiger partial charge in [-0.2, -0.15) is 0 Å². The Labute approximate surface area is 157 Å². The van der Waals surface area contributed by atoms with Gasteiger partial charge in [-0.05, 0) is 30.3 Å². The Morgan fingerprint density at radius 1 is 0.963 bits per heavy atom. The molecule has 7 heteroatoms. The van der Waals surface area contributed by atoms with Crippen LogP contribution in [0.5, 0.6) is 11.5 Å². The Morgan fingerprint density at radius 3 is 2.48 bits per heavy atom. The molecule has 2 N–H and O–H groups in total. The summed E-state index contributed by atoms with van der Waals surface area (Å²) < 4.78 is 10.6. The number of hydrogen-bond acceptors (Lipinski definition) is 6. The monoisotopic (exact) mass is 364 g/mol. The van der Waals surface area contributed by atoms with E-state index >= 15 is 0 Å². The van der Waals surface area contributed by atoms with Crippen molar-refractivity contribution < 1.29 is 14.3 Å². The van der Waals surface area contributed by atoms with Crippen LogP contribution in [0.2, 0.25) is 0 Å². The zero-order chi connectivity index (χ0) is 19.2. The van der Waals surface area contributed by atoms with Crippen molar-refractivity contribution in [2.45, 2.75) is 0 Å². The maximum Gasteiger partial charge on any atom is 0.254 e. The van der Waals surface area contributed by atoms with E-state index in [-0.39, 0.29) is 5.91 Å². The number of nitrogens with one attached hydrogen (secondary N) is 2. The van der Waals surface area contributed by atoms with Crippen LogP contribution in [0.3, 0.4) is 0 Å². The van der Waals surface area contributed by atoms with Crippen molar-refractivity contribution in [1.82, 2.24) is 15.3 Å². The second-order valence-corrected chi connectivity index (χ2v) is 5.61. The smallest absolute Gasteiger partial charge is 0.254 e. The van der Waals surface area contributed by atoms with E-state index in [9.17, 15) is 4.79 Å². The van der Waals surface area contributed by atoms with Crippen molar-refractivity contribution in [2.24, 2.45) is 0 Å². The lowest BCUT2D eigenvalue weighted by molar-refractivity contribution is 0.0960. The summed E-state index contributed by atoms with van der Waals surface area (Å²) in [5.41, 5.74) is 2.74. The first-order valence-corrected chi connectivity index (χ1v) is 8.29. The van der Waals surface area contributed by atoms with E-state index in [0.717, 1.165) is 17.0 Å². The summed E-state index contributed by atoms with van der Waals surface area (Å²) in [5, 5.41) is 5.80. The number of benzene rings is 2. The first kappa shape index (κ1) is 18.2. The van der Waals surface area contributed by atoms with Gasteiger partial charge in [0.05, 0.1) is 25.5 Å². The minimum absolute atomic E-state index is 0.229. The highest BCUT2D eigenvalue weighted by atomic mass is 16.5. The number of carbonyl (C=O) groups is 1. The zero-order valence-corrected chi connectivity index (χ0v) is 15.3. The van der Waals surface area contributed by atoms with Gasteiger partial charge in [-0.3, -0.25) is 4.79 Å². The fourth-order valence-corrected chi connectivity index (χ4v) is 2.67. The van der Waals surface area contributed by atoms with Gasteiger partial charge < -0.3 is 20.1 Å². The number of amides is 1. The number of anilines is 2. The standard InChI is InChI=1S/C20H20N4O3/c1-21-20(25)15-10-13(8-9-18(15)27-3)24-19-11-16(22-12-23-19)14-6-4-5-7-17(14)26-2/h4-12H,1-3H3,(H,21,25)(H,22,23,24). The lowest BCUT2D eigenvalue weighted by atomic mass is 10.1. The van der Waals surface area contributed by atoms with Crippen molar-refractivity contribution in [3.05, 3.63) is 60.4 Å². The summed E-state index contributed by atoms with van der Waals surface area (Å²) in [5.74, 6) is 1.60. The summed E-state index contributed by atoms with van der Waals surface area (Å²) in [7, 11) is 4.72. The van der Waals surface area contributed by atoms with E-state index < -0.39 is 0 Å². The number of carbonyl (C=O) groups excluding carboxylic acids is 1. The van der Waals surface area contributed by atoms with Gasteiger partial charge in [0.2, 0.25) is 0 Å². The summed E-state index contributed by atoms with van der Waals surface area (Å²) >= 11 is 0. The lowest BCUT2D eigenvalue weighted by Gasteiger charge is -2.12. The van der Waals surface area contributed by atoms with Crippen LogP contribution in [0.1, 0.15) is 10.4 Å². The third-order valence-corrected chi connectivity index (χ3v) is 3.99. The largest absolute Gasteiger partial charge is 0.496 e. The molecule has 7 nitrogen and oxygen atoms in total. The van der Waals surface area contributed by atoms with E-state index in [2.05, 4.69) is 20.6 Å². The average molecular weight is 364 g/mol. The van der Waals surface area contributed by atoms with E-state index in [1.54, 1.807) is 26.3 Å². The second kappa shape index (κ2) is 8.18. The van der Waals surface area contributed by atoms with Crippen LogP contribution in [0.25, 0.3) is 11.3 Å². The molecule has 0 radical (unpaired) electrons. The van der Waals surface area contributed by atoms with Gasteiger partial charge in [-0.15, -0.1) is 0 Å². The minimum atomic E-state index is -0.229. The molecular formula is C20H20N4O3. The Balaban J connectivity index is 1.92. The van der Waals surface area contributed by atoms with Crippen molar-refractivity contribution in [1.29, 1.82) is 0 Å². The second-order valence-electron chi connectivity index (χ2n) is 5.61. The average Bonchev–Trinajstić information content (AvgIpc) is 2.73. The van der Waals surface area contributed by atoms with E-state index in [1.807, 2.05) is 36.4 Å². The molecule has 0 saturated carbocycles. The fraction of sp³-hybridized carbons (Fsp3) is 0.150. The first-order valence-electron chi connectivity index (χ1n) is 8.29. The molecular weight excluding hydrogens is 344 g/mol. The third kappa shape index (κ3) is 3.98. The van der Waals surface area contributed by atoms with Gasteiger partial charge in [0, 0.05) is 24.4 Å². The van der Waals surface area contributed by atoms with Gasteiger partial charge in [-0.25, -0.2) is 9.97 Å². The van der Waals surface area contributed by atoms with Crippen LogP contribution in [-0.4, -0.2) is 37.1 Å². The Morgan fingerprint density at radius 2 is 1.74 bits per heavy atom. The number of nitrogens with zero attached hydrogens (tertiary/aromatic N) is 2. The molecule has 1 amide bonds. The molecule has 3 aromatic rings. The fourth-order valence-electron chi connectivity index (χ4n) is 2.67. The van der Waals surface area contributed by atoms with Crippen molar-refractivity contribution >= 4 is 17.4 Å². The Bertz CT molecular complexity index is 959. The summed E-state index contributed by atoms with van der Waals surface area (Å²) in [6, 6.07) is 14.7. The van der Waals surface area contributed by atoms with Crippen LogP contribution in [-0.2, 0) is 0 Å². The summed E-state index contributed by atoms with van der Waals surface area (Å²) in [6.45, 7) is 0. The molecule has 0 unspecified atom stereocenters. The number of para-hydroxylation sites is 1. The SMILES string of the molecule is CNC(=O)c1cc(Nc2cc(-c3ccccc3OC)ncn2)ccc1OC.